The first kappa shape index (κ1) is 26.0. The summed E-state index contributed by atoms with van der Waals surface area (Å²) in [5.74, 6) is -3.12. The van der Waals surface area contributed by atoms with Gasteiger partial charge in [-0.25, -0.2) is 22.3 Å². The first-order valence-corrected chi connectivity index (χ1v) is 13.2. The Hall–Kier alpha value is -2.63. The van der Waals surface area contributed by atoms with E-state index in [0.29, 0.717) is 41.3 Å². The number of hydrogen-bond acceptors (Lipinski definition) is 6. The number of hydrogen-bond donors (Lipinski definition) is 2. The number of fused-ring (bicyclic) bond motifs is 1. The van der Waals surface area contributed by atoms with Gasteiger partial charge in [0.2, 0.25) is 15.9 Å². The molecular formula is C23H26F2N2O5S2. The molecule has 7 nitrogen and oxygen atoms in total. The quantitative estimate of drug-likeness (QED) is 0.271. The van der Waals surface area contributed by atoms with E-state index in [1.165, 1.54) is 30.0 Å². The van der Waals surface area contributed by atoms with Gasteiger partial charge in [-0.2, -0.15) is 4.39 Å². The monoisotopic (exact) mass is 512 g/mol. The van der Waals surface area contributed by atoms with Crippen molar-refractivity contribution >= 4 is 39.1 Å². The van der Waals surface area contributed by atoms with E-state index in [4.69, 9.17) is 9.84 Å². The first-order valence-electron chi connectivity index (χ1n) is 10.8. The fourth-order valence-electron chi connectivity index (χ4n) is 3.59. The number of ether oxygens (including phenoxy) is 1. The van der Waals surface area contributed by atoms with Crippen LogP contribution in [0.2, 0.25) is 0 Å². The molecular weight excluding hydrogens is 486 g/mol. The van der Waals surface area contributed by atoms with Crippen LogP contribution in [0.15, 0.2) is 58.3 Å². The second-order valence-corrected chi connectivity index (χ2v) is 10.6. The lowest BCUT2D eigenvalue weighted by atomic mass is 10.1. The molecule has 34 heavy (non-hydrogen) atoms. The van der Waals surface area contributed by atoms with Gasteiger partial charge in [0, 0.05) is 24.3 Å². The molecule has 0 fully saturated rings. The molecule has 184 valence electrons. The van der Waals surface area contributed by atoms with Crippen molar-refractivity contribution < 1.29 is 31.8 Å². The van der Waals surface area contributed by atoms with Crippen LogP contribution in [-0.4, -0.2) is 37.8 Å². The summed E-state index contributed by atoms with van der Waals surface area (Å²) in [7, 11) is -4.00. The smallest absolute Gasteiger partial charge is 0.368 e. The molecule has 1 atom stereocenters. The second-order valence-electron chi connectivity index (χ2n) is 7.64. The Bertz CT molecular complexity index is 1170. The number of carbonyl (C=O) groups is 1. The summed E-state index contributed by atoms with van der Waals surface area (Å²) in [5, 5.41) is 8.76. The molecule has 2 aromatic rings. The molecule has 0 saturated heterocycles. The lowest BCUT2D eigenvalue weighted by Crippen LogP contribution is -2.39. The van der Waals surface area contributed by atoms with Crippen molar-refractivity contribution in [1.82, 2.24) is 4.72 Å². The number of anilines is 2. The molecule has 0 aromatic heterocycles. The number of nitrogens with zero attached hydrogens (tertiary/aromatic N) is 1. The molecule has 0 saturated carbocycles. The lowest BCUT2D eigenvalue weighted by molar-refractivity contribution is -0.134. The number of halogens is 2. The average Bonchev–Trinajstić information content (AvgIpc) is 2.90. The number of nitrogens with one attached hydrogen (secondary N) is 1. The minimum atomic E-state index is -4.00. The van der Waals surface area contributed by atoms with Crippen LogP contribution >= 0.6 is 11.8 Å². The third kappa shape index (κ3) is 6.08. The van der Waals surface area contributed by atoms with Gasteiger partial charge < -0.3 is 14.7 Å². The second kappa shape index (κ2) is 11.2. The number of thioether (sulfide) groups is 1. The predicted molar refractivity (Wildman–Crippen MR) is 127 cm³/mol. The fraction of sp³-hybridized carbons (Fsp3) is 0.348. The average molecular weight is 513 g/mol. The predicted octanol–water partition coefficient (Wildman–Crippen LogP) is 5.20. The van der Waals surface area contributed by atoms with Crippen LogP contribution in [0.1, 0.15) is 33.1 Å². The van der Waals surface area contributed by atoms with E-state index >= 15 is 0 Å². The molecule has 3 rings (SSSR count). The van der Waals surface area contributed by atoms with Crippen LogP contribution in [0, 0.1) is 5.82 Å². The lowest BCUT2D eigenvalue weighted by Gasteiger charge is -2.27. The molecule has 11 heteroatoms. The van der Waals surface area contributed by atoms with Gasteiger partial charge >= 0.3 is 5.97 Å². The Morgan fingerprint density at radius 2 is 2.00 bits per heavy atom. The minimum Gasteiger partial charge on any atom is -0.476 e. The molecule has 0 spiro atoms. The Morgan fingerprint density at radius 1 is 1.29 bits per heavy atom. The van der Waals surface area contributed by atoms with Gasteiger partial charge in [-0.3, -0.25) is 0 Å². The molecule has 1 aliphatic rings. The van der Waals surface area contributed by atoms with Crippen LogP contribution in [0.25, 0.3) is 0 Å². The molecule has 1 aliphatic heterocycles. The van der Waals surface area contributed by atoms with Gasteiger partial charge in [0.25, 0.3) is 0 Å². The highest BCUT2D eigenvalue weighted by Crippen LogP contribution is 2.42. The highest BCUT2D eigenvalue weighted by molar-refractivity contribution is 7.99. The third-order valence-corrected chi connectivity index (χ3v) is 7.64. The van der Waals surface area contributed by atoms with Crippen LogP contribution < -0.4 is 14.4 Å². The Kier molecular flexibility index (Phi) is 8.56. The van der Waals surface area contributed by atoms with Crippen molar-refractivity contribution in [2.45, 2.75) is 48.9 Å². The Balaban J connectivity index is 2.19. The third-order valence-electron chi connectivity index (χ3n) is 5.17. The van der Waals surface area contributed by atoms with Crippen LogP contribution in [-0.2, 0) is 14.8 Å². The van der Waals surface area contributed by atoms with Crippen LogP contribution in [0.4, 0.5) is 20.2 Å². The van der Waals surface area contributed by atoms with Gasteiger partial charge in [0.05, 0.1) is 10.6 Å². The topological polar surface area (TPSA) is 95.9 Å². The number of aliphatic carboxylic acids is 1. The molecule has 0 amide bonds. The first-order chi connectivity index (χ1) is 16.2. The van der Waals surface area contributed by atoms with E-state index in [2.05, 4.69) is 4.72 Å². The standard InChI is InChI=1S/C23H26F2N2O5S2/c1-3-5-6-16-13-27(17-9-7-15(24)8-10-17)19-11-21(33-4-2)20(32-14-18(25)23(28)29)12-22(19)34(30,31)26-16/h7-12,14,16,26H,3-6,13H2,1-2H3,(H,28,29)/b18-14-. The normalized spacial score (nSPS) is 17.7. The molecule has 2 aromatic carbocycles. The minimum absolute atomic E-state index is 0.0124. The van der Waals surface area contributed by atoms with E-state index in [-0.39, 0.29) is 10.6 Å². The van der Waals surface area contributed by atoms with Crippen molar-refractivity contribution in [2.75, 3.05) is 17.2 Å². The van der Waals surface area contributed by atoms with E-state index in [1.54, 1.807) is 18.2 Å². The van der Waals surface area contributed by atoms with Crippen molar-refractivity contribution in [1.29, 1.82) is 0 Å². The zero-order valence-corrected chi connectivity index (χ0v) is 20.4. The molecule has 2 N–H and O–H groups in total. The van der Waals surface area contributed by atoms with Crippen LogP contribution in [0.3, 0.4) is 0 Å². The maximum atomic E-state index is 13.6. The maximum absolute atomic E-state index is 13.6. The fourth-order valence-corrected chi connectivity index (χ4v) is 5.81. The van der Waals surface area contributed by atoms with E-state index < -0.39 is 33.7 Å². The van der Waals surface area contributed by atoms with Gasteiger partial charge in [0.1, 0.15) is 22.7 Å². The number of sulfonamides is 1. The van der Waals surface area contributed by atoms with Crippen molar-refractivity contribution in [3.05, 3.63) is 54.3 Å². The Morgan fingerprint density at radius 3 is 2.62 bits per heavy atom. The number of benzene rings is 2. The zero-order valence-electron chi connectivity index (χ0n) is 18.8. The van der Waals surface area contributed by atoms with Crippen LogP contribution in [0.5, 0.6) is 5.75 Å². The van der Waals surface area contributed by atoms with E-state index in [0.717, 1.165) is 12.8 Å². The summed E-state index contributed by atoms with van der Waals surface area (Å²) < 4.78 is 61.8. The summed E-state index contributed by atoms with van der Waals surface area (Å²) in [4.78, 5) is 13.0. The molecule has 0 radical (unpaired) electrons. The van der Waals surface area contributed by atoms with Crippen molar-refractivity contribution in [2.24, 2.45) is 0 Å². The van der Waals surface area contributed by atoms with E-state index in [1.807, 2.05) is 18.7 Å². The van der Waals surface area contributed by atoms with Gasteiger partial charge in [-0.1, -0.05) is 26.7 Å². The summed E-state index contributed by atoms with van der Waals surface area (Å²) >= 11 is 1.33. The number of carboxylic acids is 1. The highest BCUT2D eigenvalue weighted by atomic mass is 32.2. The van der Waals surface area contributed by atoms with Crippen molar-refractivity contribution in [3.63, 3.8) is 0 Å². The van der Waals surface area contributed by atoms with Gasteiger partial charge in [0.15, 0.2) is 0 Å². The van der Waals surface area contributed by atoms with Gasteiger partial charge in [-0.05, 0) is 42.5 Å². The summed E-state index contributed by atoms with van der Waals surface area (Å²) in [6, 6.07) is 8.25. The van der Waals surface area contributed by atoms with Crippen molar-refractivity contribution in [3.8, 4) is 5.75 Å². The molecule has 0 bridgehead atoms. The SMILES string of the molecule is CCCCC1CN(c2ccc(F)cc2)c2cc(SCC)c(O/C=C(\F)C(=O)O)cc2S(=O)(=O)N1. The Labute approximate surface area is 201 Å². The number of rotatable bonds is 9. The molecule has 0 aliphatic carbocycles. The maximum Gasteiger partial charge on any atom is 0.368 e. The highest BCUT2D eigenvalue weighted by Gasteiger charge is 2.33. The molecule has 1 unspecified atom stereocenters. The zero-order chi connectivity index (χ0) is 24.9. The number of carboxylic acid groups (broad SMARTS) is 1. The van der Waals surface area contributed by atoms with Gasteiger partial charge in [-0.15, -0.1) is 11.8 Å². The summed E-state index contributed by atoms with van der Waals surface area (Å²) in [5.41, 5.74) is 0.977. The van der Waals surface area contributed by atoms with E-state index in [9.17, 15) is 22.0 Å². The largest absolute Gasteiger partial charge is 0.476 e. The summed E-state index contributed by atoms with van der Waals surface area (Å²) in [6.45, 7) is 4.21. The number of unbranched alkanes of at least 4 members (excludes halogenated alkanes) is 1. The summed E-state index contributed by atoms with van der Waals surface area (Å²) in [6.07, 6.45) is 2.74. The molecule has 1 heterocycles.